The molecular formula is C21H22ClN3O4S. The summed E-state index contributed by atoms with van der Waals surface area (Å²) in [5.41, 5.74) is 0.738. The monoisotopic (exact) mass is 447 g/mol. The molecular weight excluding hydrogens is 426 g/mol. The molecule has 7 nitrogen and oxygen atoms in total. The third-order valence-electron chi connectivity index (χ3n) is 4.25. The van der Waals surface area contributed by atoms with E-state index in [-0.39, 0.29) is 17.5 Å². The Bertz CT molecular complexity index is 988. The third kappa shape index (κ3) is 4.88. The predicted molar refractivity (Wildman–Crippen MR) is 120 cm³/mol. The maximum absolute atomic E-state index is 13.1. The van der Waals surface area contributed by atoms with Crippen LogP contribution in [0.5, 0.6) is 5.75 Å². The number of aliphatic imine (C=N–C) groups is 1. The van der Waals surface area contributed by atoms with Gasteiger partial charge in [0.2, 0.25) is 5.91 Å². The fourth-order valence-corrected chi connectivity index (χ4v) is 3.91. The minimum Gasteiger partial charge on any atom is -0.495 e. The molecule has 30 heavy (non-hydrogen) atoms. The van der Waals surface area contributed by atoms with E-state index in [2.05, 4.69) is 10.3 Å². The number of carbonyl (C=O) groups excluding carboxylic acids is 2. The summed E-state index contributed by atoms with van der Waals surface area (Å²) in [7, 11) is 1.52. The van der Waals surface area contributed by atoms with Gasteiger partial charge in [-0.2, -0.15) is 0 Å². The molecule has 1 aromatic carbocycles. The zero-order chi connectivity index (χ0) is 21.7. The van der Waals surface area contributed by atoms with Crippen LogP contribution in [0.15, 0.2) is 51.7 Å². The SMILES string of the molecule is CCCNC(=O)C(C)SC1=N/C(=C/c2ccco2)C(=O)N1c1ccc(OC)c(Cl)c1. The molecule has 2 heterocycles. The molecule has 158 valence electrons. The molecule has 1 unspecified atom stereocenters. The summed E-state index contributed by atoms with van der Waals surface area (Å²) in [6, 6.07) is 8.49. The molecule has 0 saturated carbocycles. The maximum Gasteiger partial charge on any atom is 0.283 e. The predicted octanol–water partition coefficient (Wildman–Crippen LogP) is 4.33. The quantitative estimate of drug-likeness (QED) is 0.638. The molecule has 1 aromatic heterocycles. The average Bonchev–Trinajstić information content (AvgIpc) is 3.34. The first-order chi connectivity index (χ1) is 14.4. The van der Waals surface area contributed by atoms with Crippen LogP contribution in [0.4, 0.5) is 5.69 Å². The van der Waals surface area contributed by atoms with Crippen molar-refractivity contribution in [1.82, 2.24) is 5.32 Å². The number of hydrogen-bond donors (Lipinski definition) is 1. The van der Waals surface area contributed by atoms with E-state index in [4.69, 9.17) is 20.8 Å². The van der Waals surface area contributed by atoms with Crippen molar-refractivity contribution in [3.05, 3.63) is 53.1 Å². The van der Waals surface area contributed by atoms with Gasteiger partial charge in [0.25, 0.3) is 5.91 Å². The van der Waals surface area contributed by atoms with Crippen molar-refractivity contribution in [2.75, 3.05) is 18.6 Å². The average molecular weight is 448 g/mol. The fraction of sp³-hybridized carbons (Fsp3) is 0.286. The van der Waals surface area contributed by atoms with Crippen LogP contribution in [-0.2, 0) is 9.59 Å². The molecule has 1 aliphatic rings. The van der Waals surface area contributed by atoms with E-state index in [1.807, 2.05) is 6.92 Å². The molecule has 2 aromatic rings. The van der Waals surface area contributed by atoms with Gasteiger partial charge in [0.15, 0.2) is 5.17 Å². The topological polar surface area (TPSA) is 84.1 Å². The van der Waals surface area contributed by atoms with Crippen molar-refractivity contribution in [2.45, 2.75) is 25.5 Å². The Morgan fingerprint density at radius 2 is 2.23 bits per heavy atom. The number of anilines is 1. The second-order valence-corrected chi connectivity index (χ2v) is 8.17. The molecule has 3 rings (SSSR count). The van der Waals surface area contributed by atoms with E-state index in [0.29, 0.717) is 33.9 Å². The van der Waals surface area contributed by atoms with Crippen molar-refractivity contribution in [1.29, 1.82) is 0 Å². The van der Waals surface area contributed by atoms with Gasteiger partial charge in [0, 0.05) is 12.6 Å². The minimum absolute atomic E-state index is 0.117. The number of methoxy groups -OCH3 is 1. The van der Waals surface area contributed by atoms with Gasteiger partial charge >= 0.3 is 0 Å². The number of nitrogens with one attached hydrogen (secondary N) is 1. The Kier molecular flexibility index (Phi) is 7.23. The number of rotatable bonds is 7. The summed E-state index contributed by atoms with van der Waals surface area (Å²) in [5, 5.41) is 3.17. The molecule has 0 spiro atoms. The minimum atomic E-state index is -0.442. The molecule has 2 amide bonds. The molecule has 1 atom stereocenters. The molecule has 9 heteroatoms. The Morgan fingerprint density at radius 1 is 1.43 bits per heavy atom. The summed E-state index contributed by atoms with van der Waals surface area (Å²) in [4.78, 5) is 31.4. The number of furan rings is 1. The molecule has 1 N–H and O–H groups in total. The van der Waals surface area contributed by atoms with Crippen LogP contribution in [0.3, 0.4) is 0 Å². The van der Waals surface area contributed by atoms with E-state index in [1.165, 1.54) is 30.0 Å². The normalized spacial score (nSPS) is 16.0. The van der Waals surface area contributed by atoms with Gasteiger partial charge in [-0.1, -0.05) is 30.3 Å². The van der Waals surface area contributed by atoms with E-state index < -0.39 is 5.25 Å². The molecule has 0 bridgehead atoms. The number of ether oxygens (including phenoxy) is 1. The second-order valence-electron chi connectivity index (χ2n) is 6.45. The number of nitrogens with zero attached hydrogens (tertiary/aromatic N) is 2. The van der Waals surface area contributed by atoms with Crippen LogP contribution in [0, 0.1) is 0 Å². The van der Waals surface area contributed by atoms with Gasteiger partial charge in [0.05, 0.1) is 29.3 Å². The lowest BCUT2D eigenvalue weighted by atomic mass is 10.2. The maximum atomic E-state index is 13.1. The summed E-state index contributed by atoms with van der Waals surface area (Å²) in [6.45, 7) is 4.35. The van der Waals surface area contributed by atoms with Crippen molar-refractivity contribution in [2.24, 2.45) is 4.99 Å². The molecule has 0 aliphatic carbocycles. The third-order valence-corrected chi connectivity index (χ3v) is 5.59. The van der Waals surface area contributed by atoms with E-state index in [0.717, 1.165) is 6.42 Å². The van der Waals surface area contributed by atoms with Gasteiger partial charge in [-0.3, -0.25) is 14.5 Å². The molecule has 0 saturated heterocycles. The Morgan fingerprint density at radius 3 is 2.87 bits per heavy atom. The summed E-state index contributed by atoms with van der Waals surface area (Å²) in [5.74, 6) is 0.552. The summed E-state index contributed by atoms with van der Waals surface area (Å²) in [6.07, 6.45) is 3.93. The van der Waals surface area contributed by atoms with Crippen LogP contribution in [0.2, 0.25) is 5.02 Å². The van der Waals surface area contributed by atoms with Crippen LogP contribution in [-0.4, -0.2) is 35.9 Å². The van der Waals surface area contributed by atoms with Gasteiger partial charge < -0.3 is 14.5 Å². The Balaban J connectivity index is 1.94. The number of halogens is 1. The highest BCUT2D eigenvalue weighted by Crippen LogP contribution is 2.35. The number of thioether (sulfide) groups is 1. The second kappa shape index (κ2) is 9.86. The lowest BCUT2D eigenvalue weighted by Gasteiger charge is -2.20. The lowest BCUT2D eigenvalue weighted by molar-refractivity contribution is -0.120. The number of carbonyl (C=O) groups is 2. The zero-order valence-electron chi connectivity index (χ0n) is 16.8. The van der Waals surface area contributed by atoms with Crippen molar-refractivity contribution in [3.8, 4) is 5.75 Å². The largest absolute Gasteiger partial charge is 0.495 e. The standard InChI is InChI=1S/C21H22ClN3O4S/c1-4-9-23-19(26)13(2)30-21-24-17(12-15-6-5-10-29-15)20(27)25(21)14-7-8-18(28-3)16(22)11-14/h5-8,10-13H,4,9H2,1-3H3,(H,23,26)/b17-12+. The van der Waals surface area contributed by atoms with Gasteiger partial charge in [-0.05, 0) is 43.7 Å². The first-order valence-corrected chi connectivity index (χ1v) is 10.7. The Labute approximate surface area is 184 Å². The first kappa shape index (κ1) is 22.0. The highest BCUT2D eigenvalue weighted by Gasteiger charge is 2.34. The van der Waals surface area contributed by atoms with Gasteiger partial charge in [-0.25, -0.2) is 4.99 Å². The van der Waals surface area contributed by atoms with Crippen LogP contribution < -0.4 is 15.0 Å². The number of amides is 2. The van der Waals surface area contributed by atoms with Crippen LogP contribution >= 0.6 is 23.4 Å². The van der Waals surface area contributed by atoms with Crippen molar-refractivity contribution < 1.29 is 18.7 Å². The lowest BCUT2D eigenvalue weighted by Crippen LogP contribution is -2.36. The number of hydrogen-bond acceptors (Lipinski definition) is 6. The summed E-state index contributed by atoms with van der Waals surface area (Å²) < 4.78 is 10.5. The van der Waals surface area contributed by atoms with Gasteiger partial charge in [-0.15, -0.1) is 0 Å². The molecule has 0 radical (unpaired) electrons. The Hall–Kier alpha value is -2.71. The fourth-order valence-electron chi connectivity index (χ4n) is 2.71. The smallest absolute Gasteiger partial charge is 0.283 e. The van der Waals surface area contributed by atoms with E-state index in [1.54, 1.807) is 43.3 Å². The van der Waals surface area contributed by atoms with Crippen LogP contribution in [0.25, 0.3) is 6.08 Å². The highest BCUT2D eigenvalue weighted by atomic mass is 35.5. The van der Waals surface area contributed by atoms with Gasteiger partial charge in [0.1, 0.15) is 17.2 Å². The van der Waals surface area contributed by atoms with E-state index in [9.17, 15) is 9.59 Å². The van der Waals surface area contributed by atoms with Crippen molar-refractivity contribution in [3.63, 3.8) is 0 Å². The first-order valence-electron chi connectivity index (χ1n) is 9.40. The number of amidine groups is 1. The summed E-state index contributed by atoms with van der Waals surface area (Å²) >= 11 is 7.47. The molecule has 0 fully saturated rings. The zero-order valence-corrected chi connectivity index (χ0v) is 18.4. The number of benzene rings is 1. The van der Waals surface area contributed by atoms with E-state index >= 15 is 0 Å². The van der Waals surface area contributed by atoms with Crippen molar-refractivity contribution >= 4 is 52.1 Å². The highest BCUT2D eigenvalue weighted by molar-refractivity contribution is 8.15. The van der Waals surface area contributed by atoms with Crippen LogP contribution in [0.1, 0.15) is 26.0 Å². The molecule has 1 aliphatic heterocycles.